The zero-order valence-corrected chi connectivity index (χ0v) is 17.3. The molecule has 0 aliphatic carbocycles. The van der Waals surface area contributed by atoms with Gasteiger partial charge in [0.1, 0.15) is 11.6 Å². The first-order valence-electron chi connectivity index (χ1n) is 9.39. The first-order valence-corrected chi connectivity index (χ1v) is 10.4. The molecule has 0 fully saturated rings. The Kier molecular flexibility index (Phi) is 5.99. The number of halogens is 3. The van der Waals surface area contributed by atoms with Crippen LogP contribution in [0.5, 0.6) is 5.75 Å². The van der Waals surface area contributed by atoms with Crippen molar-refractivity contribution in [3.63, 3.8) is 0 Å². The highest BCUT2D eigenvalue weighted by atomic mass is 32.2. The first-order chi connectivity index (χ1) is 14.9. The molecule has 4 aromatic rings. The Morgan fingerprint density at radius 2 is 1.61 bits per heavy atom. The summed E-state index contributed by atoms with van der Waals surface area (Å²) in [5, 5.41) is 4.72. The van der Waals surface area contributed by atoms with E-state index in [1.54, 1.807) is 7.11 Å². The van der Waals surface area contributed by atoms with E-state index >= 15 is 0 Å². The molecule has 0 aliphatic rings. The molecule has 0 bridgehead atoms. The summed E-state index contributed by atoms with van der Waals surface area (Å²) >= 11 is 1.37. The van der Waals surface area contributed by atoms with Gasteiger partial charge in [-0.05, 0) is 54.1 Å². The summed E-state index contributed by atoms with van der Waals surface area (Å²) in [7, 11) is 1.61. The van der Waals surface area contributed by atoms with Crippen molar-refractivity contribution in [3.05, 3.63) is 83.9 Å². The Balaban J connectivity index is 1.56. The van der Waals surface area contributed by atoms with E-state index < -0.39 is 11.7 Å². The third-order valence-corrected chi connectivity index (χ3v) is 5.50. The van der Waals surface area contributed by atoms with Crippen LogP contribution in [0.3, 0.4) is 0 Å². The molecular formula is C23H18F3N3OS. The zero-order valence-electron chi connectivity index (χ0n) is 16.5. The number of hydrogen-bond acceptors (Lipinski definition) is 5. The summed E-state index contributed by atoms with van der Waals surface area (Å²) in [6.07, 6.45) is -4.34. The third kappa shape index (κ3) is 5.08. The first kappa shape index (κ1) is 21.0. The summed E-state index contributed by atoms with van der Waals surface area (Å²) in [5.41, 5.74) is 1.74. The smallest absolute Gasteiger partial charge is 0.416 e. The van der Waals surface area contributed by atoms with Gasteiger partial charge in [-0.25, -0.2) is 9.97 Å². The number of thioether (sulfide) groups is 1. The van der Waals surface area contributed by atoms with Crippen LogP contribution in [-0.4, -0.2) is 17.1 Å². The lowest BCUT2D eigenvalue weighted by Gasteiger charge is -2.11. The molecule has 0 radical (unpaired) electrons. The molecule has 1 aromatic heterocycles. The summed E-state index contributed by atoms with van der Waals surface area (Å²) in [6, 6.07) is 20.3. The summed E-state index contributed by atoms with van der Waals surface area (Å²) < 4.78 is 43.4. The van der Waals surface area contributed by atoms with Crippen LogP contribution in [0.2, 0.25) is 0 Å². The van der Waals surface area contributed by atoms with Gasteiger partial charge in [-0.1, -0.05) is 36.0 Å². The Bertz CT molecular complexity index is 1180. The van der Waals surface area contributed by atoms with Crippen molar-refractivity contribution in [2.24, 2.45) is 0 Å². The summed E-state index contributed by atoms with van der Waals surface area (Å²) in [4.78, 5) is 9.23. The number of hydrogen-bond donors (Lipinski definition) is 1. The number of benzene rings is 3. The van der Waals surface area contributed by atoms with Gasteiger partial charge in [0.15, 0.2) is 5.16 Å². The molecule has 0 aliphatic heterocycles. The number of para-hydroxylation sites is 1. The highest BCUT2D eigenvalue weighted by Gasteiger charge is 2.29. The molecule has 4 nitrogen and oxygen atoms in total. The maximum Gasteiger partial charge on any atom is 0.416 e. The van der Waals surface area contributed by atoms with Crippen LogP contribution >= 0.6 is 11.8 Å². The van der Waals surface area contributed by atoms with Crippen molar-refractivity contribution in [2.45, 2.75) is 17.1 Å². The molecule has 4 rings (SSSR count). The van der Waals surface area contributed by atoms with Crippen molar-refractivity contribution >= 4 is 34.2 Å². The van der Waals surface area contributed by atoms with Crippen LogP contribution in [0.25, 0.3) is 10.9 Å². The minimum Gasteiger partial charge on any atom is -0.497 e. The quantitative estimate of drug-likeness (QED) is 0.267. The van der Waals surface area contributed by atoms with Gasteiger partial charge in [-0.15, -0.1) is 0 Å². The molecule has 0 spiro atoms. The van der Waals surface area contributed by atoms with Crippen LogP contribution in [0.1, 0.15) is 11.1 Å². The van der Waals surface area contributed by atoms with Gasteiger partial charge >= 0.3 is 6.18 Å². The van der Waals surface area contributed by atoms with Crippen LogP contribution in [0, 0.1) is 0 Å². The Labute approximate surface area is 181 Å². The van der Waals surface area contributed by atoms with Gasteiger partial charge in [0, 0.05) is 16.8 Å². The molecule has 0 atom stereocenters. The van der Waals surface area contributed by atoms with Gasteiger partial charge in [0.05, 0.1) is 18.2 Å². The van der Waals surface area contributed by atoms with Crippen LogP contribution in [0.15, 0.2) is 78.0 Å². The molecule has 1 N–H and O–H groups in total. The van der Waals surface area contributed by atoms with E-state index in [2.05, 4.69) is 15.3 Å². The van der Waals surface area contributed by atoms with Crippen molar-refractivity contribution in [2.75, 3.05) is 12.4 Å². The maximum atomic E-state index is 12.7. The standard InChI is InChI=1S/C23H18F3N3OS/c1-30-18-12-10-17(11-13-18)27-21-19-4-2-3-5-20(19)28-22(29-21)31-14-15-6-8-16(9-7-15)23(24,25)26/h2-13H,14H2,1H3,(H,27,28,29). The summed E-state index contributed by atoms with van der Waals surface area (Å²) in [6.45, 7) is 0. The zero-order chi connectivity index (χ0) is 21.8. The average molecular weight is 441 g/mol. The molecular weight excluding hydrogens is 423 g/mol. The minimum atomic E-state index is -4.34. The topological polar surface area (TPSA) is 47.0 Å². The maximum absolute atomic E-state index is 12.7. The number of alkyl halides is 3. The molecule has 1 heterocycles. The SMILES string of the molecule is COc1ccc(Nc2nc(SCc3ccc(C(F)(F)F)cc3)nc3ccccc23)cc1. The molecule has 158 valence electrons. The lowest BCUT2D eigenvalue weighted by Crippen LogP contribution is -2.04. The largest absolute Gasteiger partial charge is 0.497 e. The van der Waals surface area contributed by atoms with E-state index in [-0.39, 0.29) is 0 Å². The van der Waals surface area contributed by atoms with Gasteiger partial charge in [0.25, 0.3) is 0 Å². The number of fused-ring (bicyclic) bond motifs is 1. The van der Waals surface area contributed by atoms with E-state index in [9.17, 15) is 13.2 Å². The van der Waals surface area contributed by atoms with E-state index in [4.69, 9.17) is 4.74 Å². The second-order valence-corrected chi connectivity index (χ2v) is 7.65. The highest BCUT2D eigenvalue weighted by molar-refractivity contribution is 7.98. The fourth-order valence-corrected chi connectivity index (χ4v) is 3.77. The van der Waals surface area contributed by atoms with Gasteiger partial charge < -0.3 is 10.1 Å². The molecule has 3 aromatic carbocycles. The molecule has 0 amide bonds. The Morgan fingerprint density at radius 3 is 2.29 bits per heavy atom. The fraction of sp³-hybridized carbons (Fsp3) is 0.130. The normalized spacial score (nSPS) is 11.5. The minimum absolute atomic E-state index is 0.457. The number of rotatable bonds is 6. The van der Waals surface area contributed by atoms with Crippen LogP contribution < -0.4 is 10.1 Å². The average Bonchev–Trinajstić information content (AvgIpc) is 2.78. The van der Waals surface area contributed by atoms with Crippen LogP contribution in [0.4, 0.5) is 24.7 Å². The second-order valence-electron chi connectivity index (χ2n) is 6.71. The molecule has 0 unspecified atom stereocenters. The molecule has 31 heavy (non-hydrogen) atoms. The number of anilines is 2. The van der Waals surface area contributed by atoms with Crippen molar-refractivity contribution in [1.29, 1.82) is 0 Å². The lowest BCUT2D eigenvalue weighted by molar-refractivity contribution is -0.137. The second kappa shape index (κ2) is 8.85. The lowest BCUT2D eigenvalue weighted by atomic mass is 10.1. The highest BCUT2D eigenvalue weighted by Crippen LogP contribution is 2.31. The number of aromatic nitrogens is 2. The number of nitrogens with zero attached hydrogens (tertiary/aromatic N) is 2. The van der Waals surface area contributed by atoms with Crippen molar-refractivity contribution in [3.8, 4) is 5.75 Å². The van der Waals surface area contributed by atoms with Gasteiger partial charge in [0.2, 0.25) is 0 Å². The predicted molar refractivity (Wildman–Crippen MR) is 117 cm³/mol. The molecule has 8 heteroatoms. The van der Waals surface area contributed by atoms with Gasteiger partial charge in [-0.3, -0.25) is 0 Å². The summed E-state index contributed by atoms with van der Waals surface area (Å²) in [5.74, 6) is 1.87. The predicted octanol–water partition coefficient (Wildman–Crippen LogP) is 6.69. The van der Waals surface area contributed by atoms with Crippen molar-refractivity contribution < 1.29 is 17.9 Å². The molecule has 0 saturated heterocycles. The third-order valence-electron chi connectivity index (χ3n) is 4.58. The molecule has 0 saturated carbocycles. The fourth-order valence-electron chi connectivity index (χ4n) is 2.96. The number of ether oxygens (including phenoxy) is 1. The van der Waals surface area contributed by atoms with E-state index in [0.717, 1.165) is 40.0 Å². The Hall–Kier alpha value is -3.26. The van der Waals surface area contributed by atoms with E-state index in [1.807, 2.05) is 48.5 Å². The number of methoxy groups -OCH3 is 1. The van der Waals surface area contributed by atoms with E-state index in [0.29, 0.717) is 16.7 Å². The van der Waals surface area contributed by atoms with E-state index in [1.165, 1.54) is 23.9 Å². The monoisotopic (exact) mass is 441 g/mol. The van der Waals surface area contributed by atoms with Gasteiger partial charge in [-0.2, -0.15) is 13.2 Å². The van der Waals surface area contributed by atoms with Crippen LogP contribution in [-0.2, 0) is 11.9 Å². The number of nitrogens with one attached hydrogen (secondary N) is 1. The Morgan fingerprint density at radius 1 is 0.903 bits per heavy atom. The van der Waals surface area contributed by atoms with Crippen molar-refractivity contribution in [1.82, 2.24) is 9.97 Å².